The minimum absolute atomic E-state index is 0.217. The molecule has 3 N–H and O–H groups in total. The number of hydrogen-bond donors (Lipinski definition) is 2. The molecule has 1 atom stereocenters. The second kappa shape index (κ2) is 5.32. The van der Waals surface area contributed by atoms with Gasteiger partial charge >= 0.3 is 0 Å². The van der Waals surface area contributed by atoms with Gasteiger partial charge in [0.05, 0.1) is 6.61 Å². The Labute approximate surface area is 103 Å². The van der Waals surface area contributed by atoms with Gasteiger partial charge < -0.3 is 15.8 Å². The molecule has 0 aliphatic carbocycles. The van der Waals surface area contributed by atoms with E-state index in [1.807, 2.05) is 24.3 Å². The van der Waals surface area contributed by atoms with E-state index < -0.39 is 11.4 Å². The first-order chi connectivity index (χ1) is 7.48. The Balaban J connectivity index is 2.87. The summed E-state index contributed by atoms with van der Waals surface area (Å²) < 4.78 is 5.93. The van der Waals surface area contributed by atoms with Crippen LogP contribution in [0, 0.1) is 0 Å². The second-order valence-corrected chi connectivity index (χ2v) is 4.68. The number of primary amides is 1. The highest BCUT2D eigenvalue weighted by Gasteiger charge is 2.30. The van der Waals surface area contributed by atoms with Crippen molar-refractivity contribution in [1.82, 2.24) is 0 Å². The molecule has 88 valence electrons. The van der Waals surface area contributed by atoms with E-state index in [2.05, 4.69) is 21.2 Å². The average molecular weight is 287 g/mol. The molecule has 0 aliphatic heterocycles. The molecule has 1 amide bonds. The van der Waals surface area contributed by atoms with E-state index in [9.17, 15) is 4.79 Å². The van der Waals surface area contributed by atoms with Gasteiger partial charge in [-0.2, -0.15) is 0 Å². The van der Waals surface area contributed by atoms with Crippen LogP contribution in [0.3, 0.4) is 0 Å². The predicted molar refractivity (Wildman–Crippen MR) is 67.2 cm³/mol. The summed E-state index contributed by atoms with van der Waals surface area (Å²) in [5, 5.41) is 3.07. The van der Waals surface area contributed by atoms with Crippen LogP contribution >= 0.6 is 15.9 Å². The van der Waals surface area contributed by atoms with Crippen LogP contribution in [0.25, 0.3) is 0 Å². The lowest BCUT2D eigenvalue weighted by Gasteiger charge is -2.27. The Hall–Kier alpha value is -1.07. The van der Waals surface area contributed by atoms with Gasteiger partial charge in [-0.1, -0.05) is 22.0 Å². The van der Waals surface area contributed by atoms with E-state index in [1.54, 1.807) is 6.92 Å². The number of methoxy groups -OCH3 is 1. The molecule has 1 unspecified atom stereocenters. The number of ether oxygens (including phenoxy) is 1. The molecule has 0 saturated heterocycles. The van der Waals surface area contributed by atoms with Crippen LogP contribution in [0.5, 0.6) is 0 Å². The summed E-state index contributed by atoms with van der Waals surface area (Å²) in [5.41, 5.74) is 5.26. The highest BCUT2D eigenvalue weighted by atomic mass is 79.9. The average Bonchev–Trinajstić information content (AvgIpc) is 2.17. The first-order valence-corrected chi connectivity index (χ1v) is 5.60. The largest absolute Gasteiger partial charge is 0.382 e. The normalized spacial score (nSPS) is 14.2. The zero-order valence-corrected chi connectivity index (χ0v) is 10.9. The van der Waals surface area contributed by atoms with Crippen molar-refractivity contribution in [1.29, 1.82) is 0 Å². The summed E-state index contributed by atoms with van der Waals surface area (Å²) in [6, 6.07) is 7.52. The third-order valence-electron chi connectivity index (χ3n) is 2.22. The molecule has 0 saturated carbocycles. The molecule has 0 aliphatic rings. The standard InChI is InChI=1S/C11H15BrN2O2/c1-11(7-16-2,10(13)15)14-9-5-3-4-8(12)6-9/h3-6,14H,7H2,1-2H3,(H2,13,15). The highest BCUT2D eigenvalue weighted by molar-refractivity contribution is 9.10. The number of rotatable bonds is 5. The molecule has 1 aromatic carbocycles. The molecule has 0 radical (unpaired) electrons. The van der Waals surface area contributed by atoms with Crippen molar-refractivity contribution in [2.75, 3.05) is 19.0 Å². The van der Waals surface area contributed by atoms with E-state index in [4.69, 9.17) is 10.5 Å². The molecular formula is C11H15BrN2O2. The van der Waals surface area contributed by atoms with Gasteiger partial charge in [0.25, 0.3) is 0 Å². The summed E-state index contributed by atoms with van der Waals surface area (Å²) >= 11 is 3.36. The second-order valence-electron chi connectivity index (χ2n) is 3.76. The lowest BCUT2D eigenvalue weighted by atomic mass is 10.0. The van der Waals surface area contributed by atoms with Crippen LogP contribution in [0.1, 0.15) is 6.92 Å². The third-order valence-corrected chi connectivity index (χ3v) is 2.71. The number of carbonyl (C=O) groups is 1. The van der Waals surface area contributed by atoms with Gasteiger partial charge in [0.1, 0.15) is 5.54 Å². The molecule has 5 heteroatoms. The number of anilines is 1. The summed E-state index contributed by atoms with van der Waals surface area (Å²) in [6.07, 6.45) is 0. The molecule has 0 heterocycles. The quantitative estimate of drug-likeness (QED) is 0.867. The van der Waals surface area contributed by atoms with Gasteiger partial charge in [-0.05, 0) is 25.1 Å². The van der Waals surface area contributed by atoms with Crippen LogP contribution in [0.15, 0.2) is 28.7 Å². The fraction of sp³-hybridized carbons (Fsp3) is 0.364. The van der Waals surface area contributed by atoms with Crippen molar-refractivity contribution < 1.29 is 9.53 Å². The van der Waals surface area contributed by atoms with Crippen LogP contribution in [-0.4, -0.2) is 25.2 Å². The number of amides is 1. The zero-order valence-electron chi connectivity index (χ0n) is 9.29. The summed E-state index contributed by atoms with van der Waals surface area (Å²) in [4.78, 5) is 11.4. The molecular weight excluding hydrogens is 272 g/mol. The number of nitrogens with two attached hydrogens (primary N) is 1. The highest BCUT2D eigenvalue weighted by Crippen LogP contribution is 2.20. The summed E-state index contributed by atoms with van der Waals surface area (Å²) in [6.45, 7) is 1.93. The van der Waals surface area contributed by atoms with E-state index in [0.29, 0.717) is 0 Å². The van der Waals surface area contributed by atoms with Crippen molar-refractivity contribution in [2.24, 2.45) is 5.73 Å². The van der Waals surface area contributed by atoms with Crippen molar-refractivity contribution in [3.8, 4) is 0 Å². The van der Waals surface area contributed by atoms with Crippen molar-refractivity contribution in [2.45, 2.75) is 12.5 Å². The molecule has 0 aromatic heterocycles. The molecule has 0 spiro atoms. The number of halogens is 1. The van der Waals surface area contributed by atoms with E-state index in [-0.39, 0.29) is 6.61 Å². The Bertz CT molecular complexity index is 384. The molecule has 0 bridgehead atoms. The van der Waals surface area contributed by atoms with Gasteiger partial charge in [0, 0.05) is 17.3 Å². The number of hydrogen-bond acceptors (Lipinski definition) is 3. The van der Waals surface area contributed by atoms with Gasteiger partial charge in [-0.3, -0.25) is 4.79 Å². The maximum absolute atomic E-state index is 11.4. The van der Waals surface area contributed by atoms with E-state index in [0.717, 1.165) is 10.2 Å². The molecule has 4 nitrogen and oxygen atoms in total. The summed E-state index contributed by atoms with van der Waals surface area (Å²) in [7, 11) is 1.53. The lowest BCUT2D eigenvalue weighted by Crippen LogP contribution is -2.51. The van der Waals surface area contributed by atoms with Crippen molar-refractivity contribution >= 4 is 27.5 Å². The number of nitrogens with one attached hydrogen (secondary N) is 1. The SMILES string of the molecule is COCC(C)(Nc1cccc(Br)c1)C(N)=O. The predicted octanol–water partition coefficient (Wildman–Crippen LogP) is 1.75. The maximum Gasteiger partial charge on any atom is 0.245 e. The Kier molecular flexibility index (Phi) is 4.32. The fourth-order valence-electron chi connectivity index (χ4n) is 1.34. The van der Waals surface area contributed by atoms with E-state index in [1.165, 1.54) is 7.11 Å². The van der Waals surface area contributed by atoms with Crippen LogP contribution in [0.2, 0.25) is 0 Å². The zero-order chi connectivity index (χ0) is 12.2. The molecule has 0 fully saturated rings. The Morgan fingerprint density at radius 1 is 1.62 bits per heavy atom. The number of benzene rings is 1. The molecule has 1 rings (SSSR count). The summed E-state index contributed by atoms with van der Waals surface area (Å²) in [5.74, 6) is -0.450. The lowest BCUT2D eigenvalue weighted by molar-refractivity contribution is -0.123. The van der Waals surface area contributed by atoms with E-state index >= 15 is 0 Å². The van der Waals surface area contributed by atoms with Gasteiger partial charge in [0.15, 0.2) is 0 Å². The van der Waals surface area contributed by atoms with Crippen LogP contribution < -0.4 is 11.1 Å². The van der Waals surface area contributed by atoms with Gasteiger partial charge in [-0.15, -0.1) is 0 Å². The Morgan fingerprint density at radius 3 is 2.81 bits per heavy atom. The molecule has 16 heavy (non-hydrogen) atoms. The monoisotopic (exact) mass is 286 g/mol. The first kappa shape index (κ1) is 13.0. The fourth-order valence-corrected chi connectivity index (χ4v) is 1.74. The minimum Gasteiger partial charge on any atom is -0.382 e. The topological polar surface area (TPSA) is 64.3 Å². The van der Waals surface area contributed by atoms with Crippen molar-refractivity contribution in [3.63, 3.8) is 0 Å². The van der Waals surface area contributed by atoms with Gasteiger partial charge in [0.2, 0.25) is 5.91 Å². The van der Waals surface area contributed by atoms with Crippen molar-refractivity contribution in [3.05, 3.63) is 28.7 Å². The Morgan fingerprint density at radius 2 is 2.31 bits per heavy atom. The smallest absolute Gasteiger partial charge is 0.245 e. The number of carbonyl (C=O) groups excluding carboxylic acids is 1. The van der Waals surface area contributed by atoms with Crippen LogP contribution in [0.4, 0.5) is 5.69 Å². The minimum atomic E-state index is -0.907. The van der Waals surface area contributed by atoms with Gasteiger partial charge in [-0.25, -0.2) is 0 Å². The molecule has 1 aromatic rings. The third kappa shape index (κ3) is 3.21. The van der Waals surface area contributed by atoms with Crippen LogP contribution in [-0.2, 0) is 9.53 Å². The maximum atomic E-state index is 11.4. The first-order valence-electron chi connectivity index (χ1n) is 4.80.